The molecule has 0 aliphatic carbocycles. The average Bonchev–Trinajstić information content (AvgIpc) is 3.35. The standard InChI is InChI=1S/C24H17FN2O6S/c1-13-15(5-4-6-16(13)23(30)31)19-10-9-14(33-19)11-20-22(29)27(24(32)34-20)12-21(28)26-18-8-3-2-7-17(18)25/h2-11H,12H2,1H3,(H,26,28)(H,30,31)/b20-11+. The van der Waals surface area contributed by atoms with E-state index in [1.165, 1.54) is 30.3 Å². The zero-order valence-corrected chi connectivity index (χ0v) is 18.5. The third-order valence-electron chi connectivity index (χ3n) is 5.05. The first-order valence-electron chi connectivity index (χ1n) is 9.97. The number of para-hydroxylation sites is 1. The summed E-state index contributed by atoms with van der Waals surface area (Å²) in [4.78, 5) is 49.4. The van der Waals surface area contributed by atoms with Crippen molar-refractivity contribution >= 4 is 46.5 Å². The van der Waals surface area contributed by atoms with Crippen LogP contribution >= 0.6 is 11.8 Å². The number of nitrogens with one attached hydrogen (secondary N) is 1. The molecule has 0 spiro atoms. The summed E-state index contributed by atoms with van der Waals surface area (Å²) < 4.78 is 19.5. The molecule has 10 heteroatoms. The molecule has 3 amide bonds. The molecule has 0 radical (unpaired) electrons. The van der Waals surface area contributed by atoms with Crippen molar-refractivity contribution in [3.63, 3.8) is 0 Å². The van der Waals surface area contributed by atoms with Gasteiger partial charge >= 0.3 is 5.97 Å². The van der Waals surface area contributed by atoms with Gasteiger partial charge in [-0.1, -0.05) is 24.3 Å². The fourth-order valence-corrected chi connectivity index (χ4v) is 4.19. The zero-order chi connectivity index (χ0) is 24.4. The molecule has 1 fully saturated rings. The molecule has 34 heavy (non-hydrogen) atoms. The van der Waals surface area contributed by atoms with Gasteiger partial charge in [0, 0.05) is 11.6 Å². The van der Waals surface area contributed by atoms with E-state index in [-0.39, 0.29) is 21.9 Å². The van der Waals surface area contributed by atoms with Gasteiger partial charge in [-0.15, -0.1) is 0 Å². The fourth-order valence-electron chi connectivity index (χ4n) is 3.37. The third kappa shape index (κ3) is 4.62. The smallest absolute Gasteiger partial charge is 0.335 e. The molecule has 2 heterocycles. The number of thioether (sulfide) groups is 1. The van der Waals surface area contributed by atoms with Gasteiger partial charge in [0.05, 0.1) is 16.2 Å². The second-order valence-electron chi connectivity index (χ2n) is 7.28. The van der Waals surface area contributed by atoms with Crippen LogP contribution in [0.1, 0.15) is 21.7 Å². The highest BCUT2D eigenvalue weighted by molar-refractivity contribution is 8.18. The summed E-state index contributed by atoms with van der Waals surface area (Å²) in [6, 6.07) is 13.6. The first kappa shape index (κ1) is 23.0. The SMILES string of the molecule is Cc1c(C(=O)O)cccc1-c1ccc(/C=C2/SC(=O)N(CC(=O)Nc3ccccc3F)C2=O)o1. The molecule has 172 valence electrons. The van der Waals surface area contributed by atoms with Gasteiger partial charge in [0.1, 0.15) is 23.9 Å². The number of nitrogens with zero attached hydrogens (tertiary/aromatic N) is 1. The van der Waals surface area contributed by atoms with Crippen LogP contribution in [0.5, 0.6) is 0 Å². The number of halogens is 1. The van der Waals surface area contributed by atoms with Crippen LogP contribution in [-0.2, 0) is 9.59 Å². The predicted molar refractivity (Wildman–Crippen MR) is 124 cm³/mol. The molecule has 0 bridgehead atoms. The maximum Gasteiger partial charge on any atom is 0.335 e. The van der Waals surface area contributed by atoms with Gasteiger partial charge in [0.25, 0.3) is 11.1 Å². The van der Waals surface area contributed by atoms with Crippen LogP contribution in [0.3, 0.4) is 0 Å². The Morgan fingerprint density at radius 2 is 1.88 bits per heavy atom. The van der Waals surface area contributed by atoms with E-state index >= 15 is 0 Å². The van der Waals surface area contributed by atoms with Crippen molar-refractivity contribution in [3.05, 3.63) is 82.2 Å². The quantitative estimate of drug-likeness (QED) is 0.488. The maximum absolute atomic E-state index is 13.7. The first-order valence-corrected chi connectivity index (χ1v) is 10.8. The number of hydrogen-bond acceptors (Lipinski definition) is 6. The van der Waals surface area contributed by atoms with Crippen LogP contribution < -0.4 is 5.32 Å². The van der Waals surface area contributed by atoms with E-state index in [1.54, 1.807) is 37.3 Å². The Hall–Kier alpha value is -4.18. The summed E-state index contributed by atoms with van der Waals surface area (Å²) in [5, 5.41) is 11.0. The van der Waals surface area contributed by atoms with E-state index in [0.29, 0.717) is 28.6 Å². The van der Waals surface area contributed by atoms with Gasteiger partial charge in [0.2, 0.25) is 5.91 Å². The summed E-state index contributed by atoms with van der Waals surface area (Å²) in [6.07, 6.45) is 1.37. The molecule has 1 aliphatic heterocycles. The van der Waals surface area contributed by atoms with Crippen molar-refractivity contribution in [1.82, 2.24) is 4.90 Å². The lowest BCUT2D eigenvalue weighted by molar-refractivity contribution is -0.127. The number of benzene rings is 2. The molecule has 0 atom stereocenters. The minimum absolute atomic E-state index is 0.0552. The molecule has 2 aromatic carbocycles. The Bertz CT molecular complexity index is 1360. The second kappa shape index (κ2) is 9.36. The topological polar surface area (TPSA) is 117 Å². The number of aromatic carboxylic acids is 1. The van der Waals surface area contributed by atoms with E-state index in [4.69, 9.17) is 4.42 Å². The van der Waals surface area contributed by atoms with Crippen molar-refractivity contribution in [2.24, 2.45) is 0 Å². The van der Waals surface area contributed by atoms with Crippen molar-refractivity contribution in [3.8, 4) is 11.3 Å². The van der Waals surface area contributed by atoms with E-state index in [2.05, 4.69) is 5.32 Å². The first-order chi connectivity index (χ1) is 16.2. The minimum atomic E-state index is -1.06. The van der Waals surface area contributed by atoms with E-state index in [0.717, 1.165) is 4.90 Å². The summed E-state index contributed by atoms with van der Waals surface area (Å²) >= 11 is 0.649. The molecule has 8 nitrogen and oxygen atoms in total. The number of furan rings is 1. The Kier molecular flexibility index (Phi) is 6.33. The fraction of sp³-hybridized carbons (Fsp3) is 0.0833. The lowest BCUT2D eigenvalue weighted by Crippen LogP contribution is -2.36. The van der Waals surface area contributed by atoms with Gasteiger partial charge < -0.3 is 14.8 Å². The number of hydrogen-bond donors (Lipinski definition) is 2. The number of amides is 3. The van der Waals surface area contributed by atoms with Gasteiger partial charge in [-0.3, -0.25) is 19.3 Å². The summed E-state index contributed by atoms with van der Waals surface area (Å²) in [5.41, 5.74) is 1.19. The molecule has 3 aromatic rings. The Morgan fingerprint density at radius 1 is 1.12 bits per heavy atom. The maximum atomic E-state index is 13.7. The predicted octanol–water partition coefficient (Wildman–Crippen LogP) is 4.77. The second-order valence-corrected chi connectivity index (χ2v) is 8.27. The molecule has 1 saturated heterocycles. The number of imide groups is 1. The van der Waals surface area contributed by atoms with Gasteiger partial charge in [-0.2, -0.15) is 0 Å². The van der Waals surface area contributed by atoms with Crippen molar-refractivity contribution in [2.75, 3.05) is 11.9 Å². The van der Waals surface area contributed by atoms with E-state index < -0.39 is 35.4 Å². The monoisotopic (exact) mass is 480 g/mol. The number of rotatable bonds is 6. The number of carboxylic acids is 1. The molecule has 4 rings (SSSR count). The zero-order valence-electron chi connectivity index (χ0n) is 17.7. The number of carbonyl (C=O) groups excluding carboxylic acids is 3. The minimum Gasteiger partial charge on any atom is -0.478 e. The Morgan fingerprint density at radius 3 is 2.62 bits per heavy atom. The van der Waals surface area contributed by atoms with Crippen LogP contribution in [0, 0.1) is 12.7 Å². The lowest BCUT2D eigenvalue weighted by atomic mass is 10.0. The number of anilines is 1. The van der Waals surface area contributed by atoms with Crippen LogP contribution in [0.4, 0.5) is 14.9 Å². The van der Waals surface area contributed by atoms with Crippen LogP contribution in [0.25, 0.3) is 17.4 Å². The lowest BCUT2D eigenvalue weighted by Gasteiger charge is -2.12. The molecular formula is C24H17FN2O6S. The summed E-state index contributed by atoms with van der Waals surface area (Å²) in [7, 11) is 0. The van der Waals surface area contributed by atoms with Gasteiger partial charge in [-0.05, 0) is 54.6 Å². The van der Waals surface area contributed by atoms with Crippen LogP contribution in [0.15, 0.2) is 63.9 Å². The van der Waals surface area contributed by atoms with Crippen molar-refractivity contribution in [2.45, 2.75) is 6.92 Å². The number of carbonyl (C=O) groups is 4. The highest BCUT2D eigenvalue weighted by Gasteiger charge is 2.36. The Balaban J connectivity index is 1.49. The molecule has 1 aromatic heterocycles. The average molecular weight is 480 g/mol. The van der Waals surface area contributed by atoms with Crippen LogP contribution in [-0.4, -0.2) is 39.6 Å². The molecular weight excluding hydrogens is 463 g/mol. The number of carboxylic acid groups (broad SMARTS) is 1. The molecule has 0 unspecified atom stereocenters. The highest BCUT2D eigenvalue weighted by atomic mass is 32.2. The third-order valence-corrected chi connectivity index (χ3v) is 5.96. The largest absolute Gasteiger partial charge is 0.478 e. The molecule has 2 N–H and O–H groups in total. The Labute approximate surface area is 197 Å². The van der Waals surface area contributed by atoms with Crippen LogP contribution in [0.2, 0.25) is 0 Å². The van der Waals surface area contributed by atoms with E-state index in [9.17, 15) is 28.7 Å². The molecule has 0 saturated carbocycles. The van der Waals surface area contributed by atoms with Crippen molar-refractivity contribution in [1.29, 1.82) is 0 Å². The molecule has 1 aliphatic rings. The van der Waals surface area contributed by atoms with Gasteiger partial charge in [-0.25, -0.2) is 9.18 Å². The summed E-state index contributed by atoms with van der Waals surface area (Å²) in [5.74, 6) is -2.42. The van der Waals surface area contributed by atoms with Gasteiger partial charge in [0.15, 0.2) is 0 Å². The normalized spacial score (nSPS) is 14.6. The van der Waals surface area contributed by atoms with Crippen molar-refractivity contribution < 1.29 is 33.1 Å². The van der Waals surface area contributed by atoms with E-state index in [1.807, 2.05) is 0 Å². The summed E-state index contributed by atoms with van der Waals surface area (Å²) in [6.45, 7) is 1.10. The highest BCUT2D eigenvalue weighted by Crippen LogP contribution is 2.34.